The van der Waals surface area contributed by atoms with Gasteiger partial charge in [0, 0.05) is 12.7 Å². The van der Waals surface area contributed by atoms with Crippen LogP contribution in [0.15, 0.2) is 21.6 Å². The molecule has 0 aliphatic heterocycles. The third-order valence-corrected chi connectivity index (χ3v) is 4.12. The lowest BCUT2D eigenvalue weighted by Gasteiger charge is -2.05. The Hall–Kier alpha value is -0.980. The Morgan fingerprint density at radius 1 is 1.41 bits per heavy atom. The molecule has 0 saturated heterocycles. The van der Waals surface area contributed by atoms with Crippen LogP contribution in [0.5, 0.6) is 0 Å². The molecule has 0 aliphatic rings. The third-order valence-electron chi connectivity index (χ3n) is 2.16. The zero-order valence-electron chi connectivity index (χ0n) is 10.0. The standard InChI is InChI=1S/C11H14N4S2/c1-7-4-9(5-12-3)6-13-10(7)16-11-14-8(2)15-17-11/h4,6,12H,5H2,1-3H3. The molecule has 2 aromatic rings. The van der Waals surface area contributed by atoms with Crippen molar-refractivity contribution in [2.75, 3.05) is 7.05 Å². The molecule has 0 unspecified atom stereocenters. The molecule has 0 saturated carbocycles. The Morgan fingerprint density at radius 2 is 2.24 bits per heavy atom. The number of hydrogen-bond donors (Lipinski definition) is 1. The summed E-state index contributed by atoms with van der Waals surface area (Å²) in [6.07, 6.45) is 1.90. The van der Waals surface area contributed by atoms with E-state index in [4.69, 9.17) is 0 Å². The maximum Gasteiger partial charge on any atom is 0.176 e. The maximum atomic E-state index is 4.46. The van der Waals surface area contributed by atoms with Gasteiger partial charge in [-0.05, 0) is 55.3 Å². The molecule has 0 spiro atoms. The Balaban J connectivity index is 2.16. The largest absolute Gasteiger partial charge is 0.316 e. The summed E-state index contributed by atoms with van der Waals surface area (Å²) in [5.41, 5.74) is 2.37. The van der Waals surface area contributed by atoms with Gasteiger partial charge in [0.2, 0.25) is 0 Å². The number of rotatable bonds is 4. The third kappa shape index (κ3) is 3.24. The minimum atomic E-state index is 0.821. The minimum absolute atomic E-state index is 0.821. The number of hydrogen-bond acceptors (Lipinski definition) is 6. The van der Waals surface area contributed by atoms with Crippen molar-refractivity contribution >= 4 is 23.3 Å². The lowest BCUT2D eigenvalue weighted by Crippen LogP contribution is -2.05. The van der Waals surface area contributed by atoms with E-state index in [-0.39, 0.29) is 0 Å². The number of nitrogens with zero attached hydrogens (tertiary/aromatic N) is 3. The van der Waals surface area contributed by atoms with Crippen molar-refractivity contribution in [3.63, 3.8) is 0 Å². The van der Waals surface area contributed by atoms with Gasteiger partial charge in [0.15, 0.2) is 4.34 Å². The van der Waals surface area contributed by atoms with Crippen LogP contribution in [0.3, 0.4) is 0 Å². The van der Waals surface area contributed by atoms with Crippen LogP contribution >= 0.6 is 23.3 Å². The Labute approximate surface area is 109 Å². The van der Waals surface area contributed by atoms with E-state index in [0.29, 0.717) is 0 Å². The molecule has 2 aromatic heterocycles. The van der Waals surface area contributed by atoms with Crippen LogP contribution in [-0.2, 0) is 6.54 Å². The summed E-state index contributed by atoms with van der Waals surface area (Å²) in [7, 11) is 1.93. The molecular formula is C11H14N4S2. The zero-order valence-corrected chi connectivity index (χ0v) is 11.7. The lowest BCUT2D eigenvalue weighted by atomic mass is 10.2. The fourth-order valence-electron chi connectivity index (χ4n) is 1.43. The summed E-state index contributed by atoms with van der Waals surface area (Å²) in [5.74, 6) is 0.821. The highest BCUT2D eigenvalue weighted by Gasteiger charge is 2.07. The predicted octanol–water partition coefficient (Wildman–Crippen LogP) is 2.42. The summed E-state index contributed by atoms with van der Waals surface area (Å²) in [4.78, 5) is 8.79. The zero-order chi connectivity index (χ0) is 12.3. The number of aromatic nitrogens is 3. The van der Waals surface area contributed by atoms with Crippen LogP contribution in [0, 0.1) is 13.8 Å². The van der Waals surface area contributed by atoms with Gasteiger partial charge in [0.25, 0.3) is 0 Å². The molecule has 4 nitrogen and oxygen atoms in total. The summed E-state index contributed by atoms with van der Waals surface area (Å²) in [6.45, 7) is 4.82. The van der Waals surface area contributed by atoms with E-state index in [2.05, 4.69) is 32.6 Å². The quantitative estimate of drug-likeness (QED) is 0.921. The lowest BCUT2D eigenvalue weighted by molar-refractivity contribution is 0.806. The van der Waals surface area contributed by atoms with Crippen molar-refractivity contribution in [2.24, 2.45) is 0 Å². The minimum Gasteiger partial charge on any atom is -0.316 e. The van der Waals surface area contributed by atoms with Crippen LogP contribution in [0.1, 0.15) is 17.0 Å². The van der Waals surface area contributed by atoms with Crippen LogP contribution < -0.4 is 5.32 Å². The first-order chi connectivity index (χ1) is 8.19. The van der Waals surface area contributed by atoms with Gasteiger partial charge in [0.1, 0.15) is 10.9 Å². The molecule has 0 aromatic carbocycles. The van der Waals surface area contributed by atoms with E-state index < -0.39 is 0 Å². The van der Waals surface area contributed by atoms with Crippen LogP contribution in [0.2, 0.25) is 0 Å². The van der Waals surface area contributed by atoms with Gasteiger partial charge in [-0.2, -0.15) is 4.37 Å². The van der Waals surface area contributed by atoms with E-state index >= 15 is 0 Å². The first-order valence-corrected chi connectivity index (χ1v) is 6.86. The Bertz CT molecular complexity index is 510. The van der Waals surface area contributed by atoms with Gasteiger partial charge < -0.3 is 5.32 Å². The summed E-state index contributed by atoms with van der Waals surface area (Å²) in [5, 5.41) is 4.12. The monoisotopic (exact) mass is 266 g/mol. The highest BCUT2D eigenvalue weighted by Crippen LogP contribution is 2.29. The van der Waals surface area contributed by atoms with E-state index in [0.717, 1.165) is 21.7 Å². The first-order valence-electron chi connectivity index (χ1n) is 5.27. The fraction of sp³-hybridized carbons (Fsp3) is 0.364. The summed E-state index contributed by atoms with van der Waals surface area (Å²) in [6, 6.07) is 2.15. The van der Waals surface area contributed by atoms with E-state index in [1.54, 1.807) is 11.8 Å². The number of aryl methyl sites for hydroxylation is 2. The molecule has 0 radical (unpaired) electrons. The molecule has 0 atom stereocenters. The van der Waals surface area contributed by atoms with Crippen molar-refractivity contribution in [3.05, 3.63) is 29.2 Å². The second kappa shape index (κ2) is 5.57. The SMILES string of the molecule is CNCc1cnc(Sc2nc(C)ns2)c(C)c1. The molecule has 0 bridgehead atoms. The van der Waals surface area contributed by atoms with Crippen LogP contribution in [0.4, 0.5) is 0 Å². The van der Waals surface area contributed by atoms with Gasteiger partial charge in [-0.25, -0.2) is 9.97 Å². The van der Waals surface area contributed by atoms with E-state index in [9.17, 15) is 0 Å². The number of pyridine rings is 1. The van der Waals surface area contributed by atoms with Crippen LogP contribution in [0.25, 0.3) is 0 Å². The molecule has 0 amide bonds. The average Bonchev–Trinajstić information content (AvgIpc) is 2.69. The molecule has 2 rings (SSSR count). The predicted molar refractivity (Wildman–Crippen MR) is 70.5 cm³/mol. The van der Waals surface area contributed by atoms with E-state index in [1.165, 1.54) is 22.7 Å². The van der Waals surface area contributed by atoms with Gasteiger partial charge >= 0.3 is 0 Å². The second-order valence-corrected chi connectivity index (χ2v) is 5.69. The molecule has 0 aliphatic carbocycles. The Morgan fingerprint density at radius 3 is 2.82 bits per heavy atom. The van der Waals surface area contributed by atoms with Crippen molar-refractivity contribution < 1.29 is 0 Å². The smallest absolute Gasteiger partial charge is 0.176 e. The molecule has 17 heavy (non-hydrogen) atoms. The highest BCUT2D eigenvalue weighted by molar-refractivity contribution is 8.00. The number of nitrogens with one attached hydrogen (secondary N) is 1. The maximum absolute atomic E-state index is 4.46. The molecule has 6 heteroatoms. The Kier molecular flexibility index (Phi) is 4.09. The van der Waals surface area contributed by atoms with Crippen molar-refractivity contribution in [3.8, 4) is 0 Å². The van der Waals surface area contributed by atoms with Gasteiger partial charge in [-0.1, -0.05) is 6.07 Å². The van der Waals surface area contributed by atoms with Crippen molar-refractivity contribution in [1.29, 1.82) is 0 Å². The highest BCUT2D eigenvalue weighted by atomic mass is 32.2. The molecule has 2 heterocycles. The second-order valence-electron chi connectivity index (χ2n) is 3.71. The van der Waals surface area contributed by atoms with Crippen molar-refractivity contribution in [1.82, 2.24) is 19.7 Å². The topological polar surface area (TPSA) is 50.7 Å². The van der Waals surface area contributed by atoms with Crippen LogP contribution in [-0.4, -0.2) is 21.4 Å². The summed E-state index contributed by atoms with van der Waals surface area (Å²) >= 11 is 2.99. The summed E-state index contributed by atoms with van der Waals surface area (Å²) < 4.78 is 5.11. The van der Waals surface area contributed by atoms with Crippen molar-refractivity contribution in [2.45, 2.75) is 29.8 Å². The normalized spacial score (nSPS) is 10.8. The van der Waals surface area contributed by atoms with E-state index in [1.807, 2.05) is 20.2 Å². The molecule has 0 fully saturated rings. The van der Waals surface area contributed by atoms with Gasteiger partial charge in [-0.15, -0.1) is 0 Å². The molecule has 90 valence electrons. The van der Waals surface area contributed by atoms with Gasteiger partial charge in [-0.3, -0.25) is 0 Å². The fourth-order valence-corrected chi connectivity index (χ4v) is 3.02. The molecular weight excluding hydrogens is 252 g/mol. The average molecular weight is 266 g/mol. The molecule has 1 N–H and O–H groups in total. The first kappa shape index (κ1) is 12.5. The van der Waals surface area contributed by atoms with Gasteiger partial charge in [0.05, 0.1) is 0 Å².